The Morgan fingerprint density at radius 3 is 1.89 bits per heavy atom. The van der Waals surface area contributed by atoms with Gasteiger partial charge < -0.3 is 35.4 Å². The summed E-state index contributed by atoms with van der Waals surface area (Å²) in [6.07, 6.45) is 0.444. The van der Waals surface area contributed by atoms with Gasteiger partial charge in [-0.05, 0) is 49.0 Å². The van der Waals surface area contributed by atoms with Crippen LogP contribution in [0.2, 0.25) is 0 Å². The van der Waals surface area contributed by atoms with Gasteiger partial charge in [0.05, 0.1) is 31.0 Å². The van der Waals surface area contributed by atoms with Crippen molar-refractivity contribution in [3.8, 4) is 0 Å². The first kappa shape index (κ1) is 35.3. The monoisotopic (exact) mass is 654 g/mol. The molecule has 2 heterocycles. The van der Waals surface area contributed by atoms with Crippen LogP contribution in [0.4, 0.5) is 0 Å². The van der Waals surface area contributed by atoms with Gasteiger partial charge in [0, 0.05) is 36.8 Å². The maximum Gasteiger partial charge on any atom is 0.309 e. The molecule has 5 N–H and O–H groups in total. The van der Waals surface area contributed by atoms with Crippen LogP contribution in [-0.4, -0.2) is 75.3 Å². The van der Waals surface area contributed by atoms with Gasteiger partial charge in [0.15, 0.2) is 5.11 Å². The van der Waals surface area contributed by atoms with Crippen LogP contribution in [0.15, 0.2) is 60.7 Å². The summed E-state index contributed by atoms with van der Waals surface area (Å²) in [5, 5.41) is 37.6. The van der Waals surface area contributed by atoms with Gasteiger partial charge in [-0.1, -0.05) is 74.5 Å². The Morgan fingerprint density at radius 1 is 0.891 bits per heavy atom. The van der Waals surface area contributed by atoms with Crippen LogP contribution in [0.1, 0.15) is 82.8 Å². The zero-order valence-electron chi connectivity index (χ0n) is 26.6. The molecule has 0 spiro atoms. The number of nitrogens with one attached hydrogen (secondary N) is 2. The normalized spacial score (nSPS) is 25.7. The molecule has 4 rings (SSSR count). The van der Waals surface area contributed by atoms with Crippen LogP contribution in [0.5, 0.6) is 0 Å². The molecule has 0 aromatic heterocycles. The molecule has 46 heavy (non-hydrogen) atoms. The second-order valence-electron chi connectivity index (χ2n) is 13.2. The van der Waals surface area contributed by atoms with Crippen molar-refractivity contribution in [1.29, 1.82) is 0 Å². The number of carbonyl (C=O) groups excluding carboxylic acids is 2. The molecule has 10 nitrogen and oxygen atoms in total. The van der Waals surface area contributed by atoms with Gasteiger partial charge in [-0.25, -0.2) is 0 Å². The number of carboxylic acid groups (broad SMARTS) is 1. The minimum Gasteiger partial charge on any atom is -0.481 e. The van der Waals surface area contributed by atoms with Crippen LogP contribution in [0.25, 0.3) is 0 Å². The van der Waals surface area contributed by atoms with Crippen molar-refractivity contribution in [2.24, 2.45) is 0 Å². The van der Waals surface area contributed by atoms with E-state index in [9.17, 15) is 29.7 Å². The number of hydrogen-bond donors (Lipinski definition) is 5. The van der Waals surface area contributed by atoms with Gasteiger partial charge in [0.2, 0.25) is 0 Å². The Balaban J connectivity index is 1.31. The molecule has 0 saturated carbocycles. The summed E-state index contributed by atoms with van der Waals surface area (Å²) in [5.41, 5.74) is -0.824. The second-order valence-corrected chi connectivity index (χ2v) is 13.6. The minimum absolute atomic E-state index is 0.0199. The number of aliphatic carboxylic acids is 1. The summed E-state index contributed by atoms with van der Waals surface area (Å²) in [5.74, 6) is -2.15. The van der Waals surface area contributed by atoms with E-state index in [1.165, 1.54) is 0 Å². The van der Waals surface area contributed by atoms with E-state index in [1.807, 2.05) is 67.6 Å². The molecule has 2 aromatic rings. The third kappa shape index (κ3) is 9.04. The lowest BCUT2D eigenvalue weighted by Crippen LogP contribution is -2.52. The molecule has 2 aliphatic heterocycles. The Hall–Kier alpha value is -3.54. The van der Waals surface area contributed by atoms with E-state index in [4.69, 9.17) is 21.7 Å². The van der Waals surface area contributed by atoms with Crippen molar-refractivity contribution in [2.75, 3.05) is 13.1 Å². The Morgan fingerprint density at radius 2 is 1.39 bits per heavy atom. The summed E-state index contributed by atoms with van der Waals surface area (Å²) in [4.78, 5) is 36.1. The van der Waals surface area contributed by atoms with Crippen molar-refractivity contribution in [3.63, 3.8) is 0 Å². The fourth-order valence-corrected chi connectivity index (χ4v) is 7.07. The number of cyclic esters (lactones) is 2. The third-order valence-electron chi connectivity index (χ3n) is 9.56. The molecule has 0 bridgehead atoms. The van der Waals surface area contributed by atoms with Crippen LogP contribution in [-0.2, 0) is 34.7 Å². The maximum absolute atomic E-state index is 12.5. The number of esters is 2. The first-order valence-corrected chi connectivity index (χ1v) is 16.4. The van der Waals surface area contributed by atoms with Crippen LogP contribution < -0.4 is 10.6 Å². The Labute approximate surface area is 275 Å². The predicted octanol–water partition coefficient (Wildman–Crippen LogP) is 3.90. The fraction of sp³-hybridized carbons (Fsp3) is 0.543. The summed E-state index contributed by atoms with van der Waals surface area (Å²) in [7, 11) is 0. The first-order valence-electron chi connectivity index (χ1n) is 16.0. The largest absolute Gasteiger partial charge is 0.481 e. The van der Waals surface area contributed by atoms with Crippen molar-refractivity contribution < 1.29 is 39.2 Å². The number of aliphatic hydroxyl groups is 2. The molecule has 2 fully saturated rings. The summed E-state index contributed by atoms with van der Waals surface area (Å²) in [6, 6.07) is 19.5. The van der Waals surface area contributed by atoms with Gasteiger partial charge in [-0.15, -0.1) is 0 Å². The van der Waals surface area contributed by atoms with E-state index in [-0.39, 0.29) is 25.2 Å². The highest BCUT2D eigenvalue weighted by molar-refractivity contribution is 7.80. The molecule has 6 atom stereocenters. The lowest BCUT2D eigenvalue weighted by atomic mass is 9.69. The molecule has 0 radical (unpaired) electrons. The lowest BCUT2D eigenvalue weighted by molar-refractivity contribution is -0.180. The van der Waals surface area contributed by atoms with E-state index in [1.54, 1.807) is 0 Å². The first-order chi connectivity index (χ1) is 21.8. The van der Waals surface area contributed by atoms with Gasteiger partial charge in [0.25, 0.3) is 0 Å². The van der Waals surface area contributed by atoms with Gasteiger partial charge in [0.1, 0.15) is 12.2 Å². The Bertz CT molecular complexity index is 1360. The maximum atomic E-state index is 12.5. The highest BCUT2D eigenvalue weighted by Gasteiger charge is 2.49. The topological polar surface area (TPSA) is 154 Å². The van der Waals surface area contributed by atoms with Gasteiger partial charge >= 0.3 is 17.9 Å². The van der Waals surface area contributed by atoms with E-state index in [0.717, 1.165) is 17.5 Å². The van der Waals surface area contributed by atoms with Gasteiger partial charge in [-0.2, -0.15) is 0 Å². The molecule has 11 heteroatoms. The lowest BCUT2D eigenvalue weighted by Gasteiger charge is -2.44. The van der Waals surface area contributed by atoms with Crippen molar-refractivity contribution in [2.45, 2.75) is 106 Å². The number of thiocarbonyl (C=S) groups is 1. The molecule has 6 unspecified atom stereocenters. The van der Waals surface area contributed by atoms with E-state index >= 15 is 0 Å². The van der Waals surface area contributed by atoms with E-state index in [2.05, 4.69) is 17.6 Å². The average Bonchev–Trinajstić information content (AvgIpc) is 3.00. The highest BCUT2D eigenvalue weighted by atomic mass is 32.1. The number of aliphatic hydroxyl groups excluding tert-OH is 1. The van der Waals surface area contributed by atoms with Crippen molar-refractivity contribution in [1.82, 2.24) is 10.6 Å². The van der Waals surface area contributed by atoms with E-state index < -0.39 is 53.1 Å². The smallest absolute Gasteiger partial charge is 0.309 e. The molecule has 0 amide bonds. The minimum atomic E-state index is -1.67. The molecular weight excluding hydrogens is 608 g/mol. The number of ether oxygens (including phenoxy) is 2. The summed E-state index contributed by atoms with van der Waals surface area (Å²) < 4.78 is 11.5. The zero-order chi connectivity index (χ0) is 33.4. The average molecular weight is 655 g/mol. The fourth-order valence-electron chi connectivity index (χ4n) is 6.87. The summed E-state index contributed by atoms with van der Waals surface area (Å²) >= 11 is 5.54. The van der Waals surface area contributed by atoms with Crippen LogP contribution in [0, 0.1) is 0 Å². The van der Waals surface area contributed by atoms with Crippen LogP contribution >= 0.6 is 12.2 Å². The Kier molecular flexibility index (Phi) is 11.8. The number of carboxylic acids is 1. The molecule has 2 aromatic carbocycles. The summed E-state index contributed by atoms with van der Waals surface area (Å²) in [6.45, 7) is 5.20. The molecule has 250 valence electrons. The van der Waals surface area contributed by atoms with E-state index in [0.29, 0.717) is 43.9 Å². The number of benzene rings is 2. The van der Waals surface area contributed by atoms with Gasteiger partial charge in [-0.3, -0.25) is 14.4 Å². The van der Waals surface area contributed by atoms with Crippen molar-refractivity contribution in [3.05, 3.63) is 71.8 Å². The standard InChI is InChI=1S/C35H46N2O8S/c1-33(24-11-5-3-6-12-24,27-19-26(38)20-30(41)44-27)15-9-17-36-32(46)37-18-10-16-34(2,25-13-7-4-8-14-25)28-21-35(43,22-29(39)40)23-31(42)45-28/h3-8,11-14,26-28,38,43H,9-10,15-23H2,1-2H3,(H,39,40)(H2,36,37,46). The molecule has 2 aliphatic rings. The van der Waals surface area contributed by atoms with Crippen molar-refractivity contribution >= 4 is 35.2 Å². The molecule has 0 aliphatic carbocycles. The molecule has 2 saturated heterocycles. The number of hydrogen-bond acceptors (Lipinski definition) is 8. The number of carbonyl (C=O) groups is 3. The number of rotatable bonds is 14. The van der Waals surface area contributed by atoms with Crippen LogP contribution in [0.3, 0.4) is 0 Å². The zero-order valence-corrected chi connectivity index (χ0v) is 27.4. The quantitative estimate of drug-likeness (QED) is 0.114. The predicted molar refractivity (Wildman–Crippen MR) is 176 cm³/mol. The highest BCUT2D eigenvalue weighted by Crippen LogP contribution is 2.42. The SMILES string of the molecule is CC(CCCNC(=S)NCCCC(C)(c1ccccc1)C1CC(O)(CC(=O)O)CC(=O)O1)(c1ccccc1)C1CC(O)CC(=O)O1. The molecular formula is C35H46N2O8S. The third-order valence-corrected chi connectivity index (χ3v) is 9.85. The second kappa shape index (κ2) is 15.4.